The van der Waals surface area contributed by atoms with Gasteiger partial charge in [-0.25, -0.2) is 9.13 Å². The fourth-order valence-electron chi connectivity index (χ4n) is 10.8. The number of hydrogen-bond acceptors (Lipinski definition) is 15. The van der Waals surface area contributed by atoms with E-state index in [1.54, 1.807) is 0 Å². The molecule has 0 rings (SSSR count). The lowest BCUT2D eigenvalue weighted by molar-refractivity contribution is -0.161. The van der Waals surface area contributed by atoms with Crippen LogP contribution in [0.5, 0.6) is 0 Å². The second-order valence-electron chi connectivity index (χ2n) is 27.4. The van der Waals surface area contributed by atoms with E-state index < -0.39 is 97.5 Å². The van der Waals surface area contributed by atoms with Crippen molar-refractivity contribution in [1.82, 2.24) is 0 Å². The molecular formula is C72H140O17P2. The maximum absolute atomic E-state index is 13.0. The third kappa shape index (κ3) is 63.9. The topological polar surface area (TPSA) is 237 Å². The van der Waals surface area contributed by atoms with Gasteiger partial charge in [0.1, 0.15) is 19.3 Å². The number of esters is 4. The van der Waals surface area contributed by atoms with Crippen LogP contribution in [-0.2, 0) is 65.4 Å². The van der Waals surface area contributed by atoms with E-state index >= 15 is 0 Å². The Balaban J connectivity index is 5.26. The molecule has 540 valence electrons. The van der Waals surface area contributed by atoms with Crippen LogP contribution in [0, 0.1) is 23.7 Å². The third-order valence-corrected chi connectivity index (χ3v) is 19.2. The number of aliphatic hydroxyl groups is 1. The van der Waals surface area contributed by atoms with Crippen molar-refractivity contribution >= 4 is 39.5 Å². The van der Waals surface area contributed by atoms with Gasteiger partial charge in [0, 0.05) is 25.7 Å². The van der Waals surface area contributed by atoms with Gasteiger partial charge in [-0.2, -0.15) is 0 Å². The number of rotatable bonds is 69. The molecule has 0 aromatic rings. The predicted molar refractivity (Wildman–Crippen MR) is 367 cm³/mol. The maximum Gasteiger partial charge on any atom is 0.472 e. The van der Waals surface area contributed by atoms with E-state index in [0.29, 0.717) is 25.7 Å². The van der Waals surface area contributed by atoms with Crippen molar-refractivity contribution in [2.75, 3.05) is 39.6 Å². The summed E-state index contributed by atoms with van der Waals surface area (Å²) >= 11 is 0. The molecule has 0 saturated carbocycles. The molecule has 0 bridgehead atoms. The summed E-state index contributed by atoms with van der Waals surface area (Å²) in [5.41, 5.74) is 0. The zero-order chi connectivity index (χ0) is 67.5. The summed E-state index contributed by atoms with van der Waals surface area (Å²) < 4.78 is 68.4. The molecule has 0 aliphatic heterocycles. The second kappa shape index (κ2) is 61.6. The Morgan fingerprint density at radius 2 is 0.527 bits per heavy atom. The van der Waals surface area contributed by atoms with Crippen molar-refractivity contribution < 1.29 is 80.2 Å². The van der Waals surface area contributed by atoms with Gasteiger partial charge < -0.3 is 33.8 Å². The number of phosphoric acid groups is 2. The number of phosphoric ester groups is 2. The van der Waals surface area contributed by atoms with Crippen molar-refractivity contribution in [2.24, 2.45) is 23.7 Å². The Hall–Kier alpha value is -1.94. The van der Waals surface area contributed by atoms with Crippen LogP contribution in [0.15, 0.2) is 0 Å². The van der Waals surface area contributed by atoms with Crippen molar-refractivity contribution in [1.29, 1.82) is 0 Å². The Morgan fingerprint density at radius 1 is 0.308 bits per heavy atom. The van der Waals surface area contributed by atoms with Crippen LogP contribution in [0.2, 0.25) is 0 Å². The van der Waals surface area contributed by atoms with Crippen molar-refractivity contribution in [3.8, 4) is 0 Å². The molecule has 3 N–H and O–H groups in total. The van der Waals surface area contributed by atoms with Crippen LogP contribution >= 0.6 is 15.6 Å². The van der Waals surface area contributed by atoms with Crippen LogP contribution in [0.3, 0.4) is 0 Å². The molecule has 0 aliphatic rings. The third-order valence-electron chi connectivity index (χ3n) is 17.3. The number of ether oxygens (including phenoxy) is 4. The van der Waals surface area contributed by atoms with Crippen LogP contribution in [-0.4, -0.2) is 96.7 Å². The highest BCUT2D eigenvalue weighted by Gasteiger charge is 2.30. The van der Waals surface area contributed by atoms with Gasteiger partial charge in [-0.1, -0.05) is 306 Å². The molecule has 17 nitrogen and oxygen atoms in total. The Morgan fingerprint density at radius 3 is 0.780 bits per heavy atom. The monoisotopic (exact) mass is 1340 g/mol. The summed E-state index contributed by atoms with van der Waals surface area (Å²) in [4.78, 5) is 72.6. The quantitative estimate of drug-likeness (QED) is 0.0222. The van der Waals surface area contributed by atoms with Gasteiger partial charge in [0.05, 0.1) is 26.4 Å². The fraction of sp³-hybridized carbons (Fsp3) is 0.944. The SMILES string of the molecule is CCC(C)CCCCCCCCCCCCC(=O)O[C@H](COC(=O)CCCCCCCCC(C)CC)COP(=O)(O)OC[C@H](O)COP(=O)(O)OC[C@@H](COC(=O)CCCCCCCCCCCCCCC(C)C)OC(=O)CCCCCCCCCCCC(C)C. The minimum absolute atomic E-state index is 0.105. The predicted octanol–water partition coefficient (Wildman–Crippen LogP) is 20.5. The summed E-state index contributed by atoms with van der Waals surface area (Å²) in [6, 6.07) is 0. The highest BCUT2D eigenvalue weighted by atomic mass is 31.2. The molecule has 7 atom stereocenters. The maximum atomic E-state index is 13.0. The fourth-order valence-corrected chi connectivity index (χ4v) is 12.4. The van der Waals surface area contributed by atoms with Crippen LogP contribution in [0.25, 0.3) is 0 Å². The number of unbranched alkanes of at least 4 members (excludes halogenated alkanes) is 33. The highest BCUT2D eigenvalue weighted by molar-refractivity contribution is 7.47. The average Bonchev–Trinajstić information content (AvgIpc) is 3.73. The zero-order valence-corrected chi connectivity index (χ0v) is 61.3. The zero-order valence-electron chi connectivity index (χ0n) is 59.5. The molecular weight excluding hydrogens is 1200 g/mol. The molecule has 0 aromatic carbocycles. The standard InChI is InChI=1S/C72H140O17P2/c1-9-64(7)50-42-34-26-20-15-16-22-28-38-46-54-71(76)89-68(59-83-70(75)53-45-37-31-30-35-43-51-65(8)10-2)61-87-91(80,81)85-57-66(73)56-84-90(78,79)86-60-67(88-72(77)55-47-39-29-23-17-19-25-33-41-49-63(5)6)58-82-69(74)52-44-36-27-21-14-12-11-13-18-24-32-40-48-62(3)4/h62-68,73H,9-61H2,1-8H3,(H,78,79)(H,80,81)/t64?,65?,66-,67-,68-/m1/s1. The molecule has 0 fully saturated rings. The summed E-state index contributed by atoms with van der Waals surface area (Å²) in [6.07, 6.45) is 44.3. The van der Waals surface area contributed by atoms with Crippen LogP contribution in [0.1, 0.15) is 357 Å². The molecule has 4 unspecified atom stereocenters. The molecule has 91 heavy (non-hydrogen) atoms. The normalized spacial score (nSPS) is 14.8. The van der Waals surface area contributed by atoms with Gasteiger partial charge in [0.25, 0.3) is 0 Å². The van der Waals surface area contributed by atoms with E-state index in [9.17, 15) is 43.2 Å². The van der Waals surface area contributed by atoms with E-state index in [4.69, 9.17) is 37.0 Å². The van der Waals surface area contributed by atoms with Gasteiger partial charge in [-0.05, 0) is 49.4 Å². The van der Waals surface area contributed by atoms with Crippen LogP contribution < -0.4 is 0 Å². The first-order valence-corrected chi connectivity index (χ1v) is 40.3. The minimum atomic E-state index is -4.95. The van der Waals surface area contributed by atoms with Crippen LogP contribution in [0.4, 0.5) is 0 Å². The summed E-state index contributed by atoms with van der Waals surface area (Å²) in [5, 5.41) is 10.6. The second-order valence-corrected chi connectivity index (χ2v) is 30.3. The lowest BCUT2D eigenvalue weighted by atomic mass is 9.99. The molecule has 0 saturated heterocycles. The average molecular weight is 1340 g/mol. The first-order valence-electron chi connectivity index (χ1n) is 37.3. The number of carbonyl (C=O) groups excluding carboxylic acids is 4. The summed E-state index contributed by atoms with van der Waals surface area (Å²) in [5.74, 6) is 0.925. The molecule has 0 spiro atoms. The smallest absolute Gasteiger partial charge is 0.462 e. The molecule has 0 radical (unpaired) electrons. The van der Waals surface area contributed by atoms with Crippen molar-refractivity contribution in [3.05, 3.63) is 0 Å². The van der Waals surface area contributed by atoms with Crippen molar-refractivity contribution in [2.45, 2.75) is 375 Å². The number of carbonyl (C=O) groups is 4. The lowest BCUT2D eigenvalue weighted by Gasteiger charge is -2.21. The first-order chi connectivity index (χ1) is 43.7. The van der Waals surface area contributed by atoms with E-state index in [1.165, 1.54) is 154 Å². The summed E-state index contributed by atoms with van der Waals surface area (Å²) in [6.45, 7) is 14.1. The first kappa shape index (κ1) is 89.1. The molecule has 0 amide bonds. The van der Waals surface area contributed by atoms with E-state index in [0.717, 1.165) is 120 Å². The Bertz CT molecular complexity index is 1800. The number of hydrogen-bond donors (Lipinski definition) is 3. The Labute approximate surface area is 556 Å². The van der Waals surface area contributed by atoms with Gasteiger partial charge >= 0.3 is 39.5 Å². The Kier molecular flexibility index (Phi) is 60.3. The van der Waals surface area contributed by atoms with Gasteiger partial charge in [0.15, 0.2) is 12.2 Å². The van der Waals surface area contributed by atoms with E-state index in [-0.39, 0.29) is 25.7 Å². The molecule has 0 heterocycles. The minimum Gasteiger partial charge on any atom is -0.462 e. The number of aliphatic hydroxyl groups excluding tert-OH is 1. The molecule has 0 aromatic heterocycles. The van der Waals surface area contributed by atoms with E-state index in [2.05, 4.69) is 55.4 Å². The lowest BCUT2D eigenvalue weighted by Crippen LogP contribution is -2.30. The van der Waals surface area contributed by atoms with Gasteiger partial charge in [-0.15, -0.1) is 0 Å². The highest BCUT2D eigenvalue weighted by Crippen LogP contribution is 2.45. The van der Waals surface area contributed by atoms with Gasteiger partial charge in [-0.3, -0.25) is 37.3 Å². The largest absolute Gasteiger partial charge is 0.472 e. The molecule has 19 heteroatoms. The summed E-state index contributed by atoms with van der Waals surface area (Å²) in [7, 11) is -9.91. The van der Waals surface area contributed by atoms with Gasteiger partial charge in [0.2, 0.25) is 0 Å². The molecule has 0 aliphatic carbocycles. The van der Waals surface area contributed by atoms with E-state index in [1.807, 2.05) is 0 Å². The van der Waals surface area contributed by atoms with Crippen molar-refractivity contribution in [3.63, 3.8) is 0 Å².